The number of allylic oxidation sites excluding steroid dienone is 1. The van der Waals surface area contributed by atoms with Crippen molar-refractivity contribution in [2.45, 2.75) is 33.2 Å². The van der Waals surface area contributed by atoms with Crippen LogP contribution in [0.15, 0.2) is 11.8 Å². The number of likely N-dealkylation sites (N-methyl/N-ethyl adjacent to an activating group) is 2. The number of alkyl halides is 1. The molecule has 1 fully saturated rings. The van der Waals surface area contributed by atoms with Gasteiger partial charge in [-0.25, -0.2) is 0 Å². The summed E-state index contributed by atoms with van der Waals surface area (Å²) < 4.78 is 0. The topological polar surface area (TPSA) is 40.6 Å². The number of halogens is 1. The fraction of sp³-hybridized carbons (Fsp3) is 0.714. The summed E-state index contributed by atoms with van der Waals surface area (Å²) >= 11 is 5.80. The van der Waals surface area contributed by atoms with Crippen molar-refractivity contribution in [3.8, 4) is 0 Å². The Morgan fingerprint density at radius 1 is 1.26 bits per heavy atom. The summed E-state index contributed by atoms with van der Waals surface area (Å²) in [5.74, 6) is 0.786. The molecule has 1 rings (SSSR count). The summed E-state index contributed by atoms with van der Waals surface area (Å²) in [6.07, 6.45) is 2.43. The van der Waals surface area contributed by atoms with Gasteiger partial charge in [-0.3, -0.25) is 9.59 Å². The van der Waals surface area contributed by atoms with Crippen LogP contribution in [0.3, 0.4) is 0 Å². The molecular weight excluding hydrogens is 264 g/mol. The van der Waals surface area contributed by atoms with Crippen LogP contribution in [0, 0.1) is 11.8 Å². The molecule has 0 bridgehead atoms. The molecule has 1 aliphatic rings. The lowest BCUT2D eigenvalue weighted by Crippen LogP contribution is -2.56. The third-order valence-electron chi connectivity index (χ3n) is 3.36. The van der Waals surface area contributed by atoms with Gasteiger partial charge in [-0.2, -0.15) is 0 Å². The highest BCUT2D eigenvalue weighted by Crippen LogP contribution is 2.24. The van der Waals surface area contributed by atoms with Crippen molar-refractivity contribution < 1.29 is 9.59 Å². The second-order valence-electron chi connectivity index (χ2n) is 5.62. The molecule has 0 aromatic rings. The largest absolute Gasteiger partial charge is 0.328 e. The van der Waals surface area contributed by atoms with E-state index in [1.165, 1.54) is 4.90 Å². The Kier molecular flexibility index (Phi) is 5.41. The summed E-state index contributed by atoms with van der Waals surface area (Å²) in [6, 6.07) is -0.407. The second kappa shape index (κ2) is 6.42. The Morgan fingerprint density at radius 3 is 2.32 bits per heavy atom. The third-order valence-corrected chi connectivity index (χ3v) is 3.89. The molecule has 1 aliphatic heterocycles. The van der Waals surface area contributed by atoms with Crippen LogP contribution in [0.1, 0.15) is 27.2 Å². The van der Waals surface area contributed by atoms with E-state index in [2.05, 4.69) is 0 Å². The smallest absolute Gasteiger partial charge is 0.270 e. The predicted molar refractivity (Wildman–Crippen MR) is 76.8 cm³/mol. The zero-order valence-electron chi connectivity index (χ0n) is 12.3. The van der Waals surface area contributed by atoms with Gasteiger partial charge in [0.2, 0.25) is 5.91 Å². The standard InChI is InChI=1S/C14H23ClN2O2/c1-9(2)6-11-13(18)17(5)12(7-10(3)8-15)14(19)16(11)4/h6,9-10,12H,7-8H2,1-5H3/b11-6+. The SMILES string of the molecule is CC(C)/C=C1\C(=O)N(C)C(CC(C)CCl)C(=O)N1C. The van der Waals surface area contributed by atoms with Gasteiger partial charge in [0.15, 0.2) is 0 Å². The Morgan fingerprint density at radius 2 is 1.84 bits per heavy atom. The fourth-order valence-electron chi connectivity index (χ4n) is 2.18. The molecule has 2 amide bonds. The molecule has 0 aromatic heterocycles. The molecule has 19 heavy (non-hydrogen) atoms. The van der Waals surface area contributed by atoms with Crippen LogP contribution >= 0.6 is 11.6 Å². The molecule has 1 saturated heterocycles. The maximum Gasteiger partial charge on any atom is 0.270 e. The average molecular weight is 287 g/mol. The third kappa shape index (κ3) is 3.50. The van der Waals surface area contributed by atoms with Crippen molar-refractivity contribution in [1.29, 1.82) is 0 Å². The summed E-state index contributed by atoms with van der Waals surface area (Å²) in [6.45, 7) is 5.96. The minimum Gasteiger partial charge on any atom is -0.328 e. The van der Waals surface area contributed by atoms with Gasteiger partial charge in [0.25, 0.3) is 5.91 Å². The van der Waals surface area contributed by atoms with Crippen molar-refractivity contribution in [2.24, 2.45) is 11.8 Å². The maximum absolute atomic E-state index is 12.4. The molecule has 0 N–H and O–H groups in total. The van der Waals surface area contributed by atoms with Crippen LogP contribution < -0.4 is 0 Å². The van der Waals surface area contributed by atoms with Crippen LogP contribution in [0.25, 0.3) is 0 Å². The average Bonchev–Trinajstić information content (AvgIpc) is 2.36. The predicted octanol–water partition coefficient (Wildman–Crippen LogP) is 2.09. The van der Waals surface area contributed by atoms with E-state index in [-0.39, 0.29) is 23.7 Å². The number of carbonyl (C=O) groups is 2. The van der Waals surface area contributed by atoms with Crippen LogP contribution in [0.5, 0.6) is 0 Å². The number of hydrogen-bond donors (Lipinski definition) is 0. The summed E-state index contributed by atoms with van der Waals surface area (Å²) in [5, 5.41) is 0. The lowest BCUT2D eigenvalue weighted by Gasteiger charge is -2.39. The van der Waals surface area contributed by atoms with Crippen molar-refractivity contribution in [2.75, 3.05) is 20.0 Å². The quantitative estimate of drug-likeness (QED) is 0.586. The lowest BCUT2D eigenvalue weighted by atomic mass is 9.98. The van der Waals surface area contributed by atoms with Gasteiger partial charge < -0.3 is 9.80 Å². The summed E-state index contributed by atoms with van der Waals surface area (Å²) in [4.78, 5) is 27.7. The zero-order valence-corrected chi connectivity index (χ0v) is 13.1. The molecule has 0 spiro atoms. The number of rotatable bonds is 4. The minimum absolute atomic E-state index is 0.0361. The normalized spacial score (nSPS) is 24.6. The number of nitrogens with zero attached hydrogens (tertiary/aromatic N) is 2. The van der Waals surface area contributed by atoms with Crippen molar-refractivity contribution in [3.63, 3.8) is 0 Å². The van der Waals surface area contributed by atoms with Crippen molar-refractivity contribution in [1.82, 2.24) is 9.80 Å². The highest BCUT2D eigenvalue weighted by atomic mass is 35.5. The molecule has 2 atom stereocenters. The first kappa shape index (κ1) is 16.0. The van der Waals surface area contributed by atoms with Gasteiger partial charge >= 0.3 is 0 Å². The molecule has 0 saturated carbocycles. The first-order chi connectivity index (χ1) is 8.79. The van der Waals surface area contributed by atoms with Crippen molar-refractivity contribution in [3.05, 3.63) is 11.8 Å². The second-order valence-corrected chi connectivity index (χ2v) is 5.93. The van der Waals surface area contributed by atoms with E-state index < -0.39 is 6.04 Å². The molecule has 2 unspecified atom stereocenters. The Labute approximate surface area is 120 Å². The van der Waals surface area contributed by atoms with Gasteiger partial charge in [0.05, 0.1) is 0 Å². The lowest BCUT2D eigenvalue weighted by molar-refractivity contribution is -0.149. The minimum atomic E-state index is -0.407. The Bertz CT molecular complexity index is 393. The monoisotopic (exact) mass is 286 g/mol. The summed E-state index contributed by atoms with van der Waals surface area (Å²) in [5.41, 5.74) is 0.470. The van der Waals surface area contributed by atoms with Gasteiger partial charge in [0.1, 0.15) is 11.7 Å². The van der Waals surface area contributed by atoms with Gasteiger partial charge in [-0.15, -0.1) is 11.6 Å². The highest BCUT2D eigenvalue weighted by Gasteiger charge is 2.39. The first-order valence-corrected chi connectivity index (χ1v) is 7.15. The van der Waals surface area contributed by atoms with E-state index in [0.717, 1.165) is 0 Å². The zero-order chi connectivity index (χ0) is 14.7. The van der Waals surface area contributed by atoms with E-state index in [0.29, 0.717) is 18.0 Å². The number of hydrogen-bond acceptors (Lipinski definition) is 2. The van der Waals surface area contributed by atoms with Crippen LogP contribution in [0.4, 0.5) is 0 Å². The molecule has 0 radical (unpaired) electrons. The van der Waals surface area contributed by atoms with Gasteiger partial charge in [-0.05, 0) is 18.3 Å². The van der Waals surface area contributed by atoms with E-state index in [4.69, 9.17) is 11.6 Å². The van der Waals surface area contributed by atoms with E-state index in [1.54, 1.807) is 19.0 Å². The first-order valence-electron chi connectivity index (χ1n) is 6.62. The molecule has 108 valence electrons. The number of piperazine rings is 1. The summed E-state index contributed by atoms with van der Waals surface area (Å²) in [7, 11) is 3.35. The number of amides is 2. The van der Waals surface area contributed by atoms with E-state index in [9.17, 15) is 9.59 Å². The van der Waals surface area contributed by atoms with E-state index in [1.807, 2.05) is 26.8 Å². The van der Waals surface area contributed by atoms with Crippen molar-refractivity contribution >= 4 is 23.4 Å². The Hall–Kier alpha value is -1.03. The molecule has 4 nitrogen and oxygen atoms in total. The van der Waals surface area contributed by atoms with Gasteiger partial charge in [0, 0.05) is 20.0 Å². The van der Waals surface area contributed by atoms with Crippen LogP contribution in [-0.4, -0.2) is 47.6 Å². The Balaban J connectivity index is 2.99. The molecule has 0 aliphatic carbocycles. The van der Waals surface area contributed by atoms with Crippen LogP contribution in [0.2, 0.25) is 0 Å². The van der Waals surface area contributed by atoms with Gasteiger partial charge in [-0.1, -0.05) is 26.8 Å². The highest BCUT2D eigenvalue weighted by molar-refractivity contribution is 6.18. The van der Waals surface area contributed by atoms with E-state index >= 15 is 0 Å². The molecule has 5 heteroatoms. The molecular formula is C14H23ClN2O2. The molecule has 0 aromatic carbocycles. The number of carbonyl (C=O) groups excluding carboxylic acids is 2. The maximum atomic E-state index is 12.4. The van der Waals surface area contributed by atoms with Crippen LogP contribution in [-0.2, 0) is 9.59 Å². The molecule has 1 heterocycles. The fourth-order valence-corrected chi connectivity index (χ4v) is 2.30.